The minimum Gasteiger partial charge on any atom is -0.326 e. The Morgan fingerprint density at radius 1 is 0.964 bits per heavy atom. The van der Waals surface area contributed by atoms with Crippen LogP contribution >= 0.6 is 0 Å². The number of piperidine rings is 1. The number of hydrogen-bond donors (Lipinski definition) is 1. The molecule has 28 heavy (non-hydrogen) atoms. The third kappa shape index (κ3) is 4.60. The van der Waals surface area contributed by atoms with Crippen molar-refractivity contribution < 1.29 is 21.6 Å². The number of rotatable bonds is 5. The summed E-state index contributed by atoms with van der Waals surface area (Å²) in [6.45, 7) is 0.495. The first-order valence-corrected chi connectivity index (χ1v) is 12.2. The van der Waals surface area contributed by atoms with Crippen molar-refractivity contribution in [3.63, 3.8) is 0 Å². The second-order valence-electron chi connectivity index (χ2n) is 6.80. The molecule has 150 valence electrons. The smallest absolute Gasteiger partial charge is 0.243 e. The molecule has 0 spiro atoms. The number of nitrogens with one attached hydrogen (secondary N) is 1. The van der Waals surface area contributed by atoms with E-state index < -0.39 is 25.8 Å². The molecular formula is C19H22N2O5S2. The topological polar surface area (TPSA) is 101 Å². The van der Waals surface area contributed by atoms with E-state index in [1.807, 2.05) is 0 Å². The second kappa shape index (κ2) is 8.02. The lowest BCUT2D eigenvalue weighted by atomic mass is 9.99. The van der Waals surface area contributed by atoms with Crippen LogP contribution in [0.1, 0.15) is 12.8 Å². The molecule has 9 heteroatoms. The molecule has 1 aliphatic rings. The lowest BCUT2D eigenvalue weighted by Gasteiger charge is -2.31. The highest BCUT2D eigenvalue weighted by atomic mass is 32.2. The predicted octanol–water partition coefficient (Wildman–Crippen LogP) is 2.13. The fraction of sp³-hybridized carbons (Fsp3) is 0.316. The van der Waals surface area contributed by atoms with Gasteiger partial charge >= 0.3 is 0 Å². The Hall–Kier alpha value is -2.23. The van der Waals surface area contributed by atoms with Crippen molar-refractivity contribution >= 4 is 31.5 Å². The van der Waals surface area contributed by atoms with Crippen LogP contribution in [0.25, 0.3) is 0 Å². The lowest BCUT2D eigenvalue weighted by Crippen LogP contribution is -2.43. The van der Waals surface area contributed by atoms with Gasteiger partial charge in [-0.2, -0.15) is 4.31 Å². The molecule has 2 aromatic rings. The SMILES string of the molecule is CS(=O)(=O)c1ccc(NC(=O)C2CCCN(S(=O)(=O)c3ccccc3)C2)cc1. The number of hydrogen-bond acceptors (Lipinski definition) is 5. The van der Waals surface area contributed by atoms with Gasteiger partial charge in [-0.1, -0.05) is 18.2 Å². The van der Waals surface area contributed by atoms with Crippen LogP contribution in [0.15, 0.2) is 64.4 Å². The maximum Gasteiger partial charge on any atom is 0.243 e. The van der Waals surface area contributed by atoms with Crippen LogP contribution in [0, 0.1) is 5.92 Å². The van der Waals surface area contributed by atoms with Gasteiger partial charge in [0.2, 0.25) is 15.9 Å². The zero-order valence-corrected chi connectivity index (χ0v) is 17.0. The van der Waals surface area contributed by atoms with Crippen molar-refractivity contribution in [2.24, 2.45) is 5.92 Å². The first kappa shape index (κ1) is 20.5. The fourth-order valence-electron chi connectivity index (χ4n) is 3.15. The van der Waals surface area contributed by atoms with Crippen molar-refractivity contribution in [3.8, 4) is 0 Å². The number of sulfone groups is 1. The van der Waals surface area contributed by atoms with Gasteiger partial charge in [0.05, 0.1) is 15.7 Å². The third-order valence-corrected chi connectivity index (χ3v) is 7.69. The summed E-state index contributed by atoms with van der Waals surface area (Å²) in [6, 6.07) is 14.1. The second-order valence-corrected chi connectivity index (χ2v) is 10.8. The van der Waals surface area contributed by atoms with E-state index in [1.165, 1.54) is 28.6 Å². The molecule has 7 nitrogen and oxygen atoms in total. The highest BCUT2D eigenvalue weighted by molar-refractivity contribution is 7.90. The van der Waals surface area contributed by atoms with Gasteiger partial charge in [0.15, 0.2) is 9.84 Å². The normalized spacial score (nSPS) is 18.5. The average molecular weight is 423 g/mol. The van der Waals surface area contributed by atoms with Gasteiger partial charge in [0, 0.05) is 25.0 Å². The number of sulfonamides is 1. The van der Waals surface area contributed by atoms with E-state index >= 15 is 0 Å². The van der Waals surface area contributed by atoms with E-state index in [0.29, 0.717) is 25.1 Å². The predicted molar refractivity (Wildman–Crippen MR) is 106 cm³/mol. The zero-order chi connectivity index (χ0) is 20.4. The van der Waals surface area contributed by atoms with Gasteiger partial charge in [-0.25, -0.2) is 16.8 Å². The van der Waals surface area contributed by atoms with Crippen LogP contribution in [0.5, 0.6) is 0 Å². The van der Waals surface area contributed by atoms with Crippen molar-refractivity contribution in [1.82, 2.24) is 4.31 Å². The van der Waals surface area contributed by atoms with E-state index in [0.717, 1.165) is 6.26 Å². The largest absolute Gasteiger partial charge is 0.326 e. The first-order chi connectivity index (χ1) is 13.2. The van der Waals surface area contributed by atoms with E-state index in [1.54, 1.807) is 30.3 Å². The fourth-order valence-corrected chi connectivity index (χ4v) is 5.32. The molecule has 0 aliphatic carbocycles. The summed E-state index contributed by atoms with van der Waals surface area (Å²) in [6.07, 6.45) is 2.30. The summed E-state index contributed by atoms with van der Waals surface area (Å²) in [4.78, 5) is 13.0. The van der Waals surface area contributed by atoms with E-state index in [9.17, 15) is 21.6 Å². The van der Waals surface area contributed by atoms with Gasteiger partial charge in [0.1, 0.15) is 0 Å². The summed E-state index contributed by atoms with van der Waals surface area (Å²) < 4.78 is 49.9. The van der Waals surface area contributed by atoms with Crippen molar-refractivity contribution in [2.75, 3.05) is 24.7 Å². The zero-order valence-electron chi connectivity index (χ0n) is 15.4. The third-order valence-electron chi connectivity index (χ3n) is 4.69. The van der Waals surface area contributed by atoms with Crippen LogP contribution in [0.2, 0.25) is 0 Å². The molecule has 1 heterocycles. The Labute approximate surface area is 165 Å². The average Bonchev–Trinajstić information content (AvgIpc) is 2.68. The van der Waals surface area contributed by atoms with Crippen LogP contribution in [0.4, 0.5) is 5.69 Å². The van der Waals surface area contributed by atoms with Crippen molar-refractivity contribution in [1.29, 1.82) is 0 Å². The van der Waals surface area contributed by atoms with Crippen LogP contribution < -0.4 is 5.32 Å². The number of anilines is 1. The summed E-state index contributed by atoms with van der Waals surface area (Å²) in [7, 11) is -6.94. The Kier molecular flexibility index (Phi) is 5.87. The molecule has 0 radical (unpaired) electrons. The number of carbonyl (C=O) groups is 1. The molecule has 0 bridgehead atoms. The number of amides is 1. The minimum atomic E-state index is -3.64. The van der Waals surface area contributed by atoms with E-state index in [-0.39, 0.29) is 22.2 Å². The number of carbonyl (C=O) groups excluding carboxylic acids is 1. The highest BCUT2D eigenvalue weighted by Gasteiger charge is 2.33. The standard InChI is InChI=1S/C19H22N2O5S2/c1-27(23,24)17-11-9-16(10-12-17)20-19(22)15-6-5-13-21(14-15)28(25,26)18-7-3-2-4-8-18/h2-4,7-12,15H,5-6,13-14H2,1H3,(H,20,22). The summed E-state index contributed by atoms with van der Waals surface area (Å²) in [5.74, 6) is -0.748. The highest BCUT2D eigenvalue weighted by Crippen LogP contribution is 2.25. The summed E-state index contributed by atoms with van der Waals surface area (Å²) in [5, 5.41) is 2.75. The Balaban J connectivity index is 1.69. The Bertz CT molecular complexity index is 1050. The van der Waals surface area contributed by atoms with Crippen LogP contribution in [-0.2, 0) is 24.7 Å². The molecule has 1 atom stereocenters. The molecule has 3 rings (SSSR count). The molecule has 1 aliphatic heterocycles. The molecule has 1 unspecified atom stereocenters. The van der Waals surface area contributed by atoms with Gasteiger partial charge in [-0.05, 0) is 49.2 Å². The Morgan fingerprint density at radius 3 is 2.21 bits per heavy atom. The number of benzene rings is 2. The number of nitrogens with zero attached hydrogens (tertiary/aromatic N) is 1. The van der Waals surface area contributed by atoms with E-state index in [4.69, 9.17) is 0 Å². The Morgan fingerprint density at radius 2 is 1.61 bits per heavy atom. The van der Waals surface area contributed by atoms with Crippen LogP contribution in [-0.4, -0.2) is 46.4 Å². The summed E-state index contributed by atoms with van der Waals surface area (Å²) in [5.41, 5.74) is 0.473. The van der Waals surface area contributed by atoms with Gasteiger partial charge in [-0.15, -0.1) is 0 Å². The molecule has 2 aromatic carbocycles. The molecule has 0 aromatic heterocycles. The summed E-state index contributed by atoms with van der Waals surface area (Å²) >= 11 is 0. The van der Waals surface area contributed by atoms with Gasteiger partial charge in [0.25, 0.3) is 0 Å². The molecule has 1 saturated heterocycles. The van der Waals surface area contributed by atoms with Crippen molar-refractivity contribution in [2.45, 2.75) is 22.6 Å². The minimum absolute atomic E-state index is 0.116. The molecule has 1 fully saturated rings. The molecule has 1 amide bonds. The monoisotopic (exact) mass is 422 g/mol. The van der Waals surface area contributed by atoms with Gasteiger partial charge < -0.3 is 5.32 Å². The van der Waals surface area contributed by atoms with E-state index in [2.05, 4.69) is 5.32 Å². The van der Waals surface area contributed by atoms with Crippen LogP contribution in [0.3, 0.4) is 0 Å². The molecule has 1 N–H and O–H groups in total. The van der Waals surface area contributed by atoms with Crippen molar-refractivity contribution in [3.05, 3.63) is 54.6 Å². The lowest BCUT2D eigenvalue weighted by molar-refractivity contribution is -0.120. The molecular weight excluding hydrogens is 400 g/mol. The quantitative estimate of drug-likeness (QED) is 0.796. The maximum atomic E-state index is 12.8. The molecule has 0 saturated carbocycles. The first-order valence-electron chi connectivity index (χ1n) is 8.84. The maximum absolute atomic E-state index is 12.8. The van der Waals surface area contributed by atoms with Gasteiger partial charge in [-0.3, -0.25) is 4.79 Å².